The lowest BCUT2D eigenvalue weighted by atomic mass is 9.94. The summed E-state index contributed by atoms with van der Waals surface area (Å²) in [5.41, 5.74) is 1.07. The molecular weight excluding hydrogens is 419 g/mol. The number of rotatable bonds is 6. The molecule has 1 saturated heterocycles. The fourth-order valence-corrected chi connectivity index (χ4v) is 2.84. The molecule has 1 aromatic rings. The van der Waals surface area contributed by atoms with Crippen LogP contribution in [0.5, 0.6) is 0 Å². The van der Waals surface area contributed by atoms with Crippen molar-refractivity contribution in [2.45, 2.75) is 31.9 Å². The molecule has 1 N–H and O–H groups in total. The molecule has 0 bridgehead atoms. The Kier molecular flexibility index (Phi) is 9.07. The minimum Gasteiger partial charge on any atom is -0.381 e. The molecule has 24 heavy (non-hydrogen) atoms. The zero-order chi connectivity index (χ0) is 16.7. The summed E-state index contributed by atoms with van der Waals surface area (Å²) in [6.45, 7) is 5.91. The Hall–Kier alpha value is -0.800. The van der Waals surface area contributed by atoms with E-state index < -0.39 is 0 Å². The minimum absolute atomic E-state index is 0. The molecule has 1 aromatic heterocycles. The molecule has 0 aliphatic carbocycles. The lowest BCUT2D eigenvalue weighted by molar-refractivity contribution is -0.0829. The highest BCUT2D eigenvalue weighted by atomic mass is 127. The lowest BCUT2D eigenvalue weighted by Gasteiger charge is -2.35. The minimum atomic E-state index is -0.190. The van der Waals surface area contributed by atoms with Crippen molar-refractivity contribution in [3.05, 3.63) is 24.0 Å². The number of aromatic nitrogens is 1. The average molecular weight is 450 g/mol. The van der Waals surface area contributed by atoms with E-state index in [0.29, 0.717) is 6.54 Å². The van der Waals surface area contributed by atoms with Crippen molar-refractivity contribution in [2.24, 2.45) is 12.0 Å². The second-order valence-corrected chi connectivity index (χ2v) is 6.14. The number of methoxy groups -OCH3 is 1. The van der Waals surface area contributed by atoms with Gasteiger partial charge in [0.15, 0.2) is 5.96 Å². The van der Waals surface area contributed by atoms with Gasteiger partial charge in [-0.2, -0.15) is 0 Å². The van der Waals surface area contributed by atoms with Crippen LogP contribution in [-0.2, 0) is 23.1 Å². The van der Waals surface area contributed by atoms with E-state index in [4.69, 9.17) is 14.5 Å². The van der Waals surface area contributed by atoms with Gasteiger partial charge in [-0.05, 0) is 19.1 Å². The third-order valence-corrected chi connectivity index (χ3v) is 4.50. The van der Waals surface area contributed by atoms with Crippen LogP contribution >= 0.6 is 24.0 Å². The van der Waals surface area contributed by atoms with Crippen LogP contribution in [0.1, 0.15) is 25.5 Å². The van der Waals surface area contributed by atoms with Gasteiger partial charge in [-0.1, -0.05) is 0 Å². The number of ether oxygens (including phenoxy) is 2. The Morgan fingerprint density at radius 3 is 2.71 bits per heavy atom. The summed E-state index contributed by atoms with van der Waals surface area (Å²) in [5.74, 6) is 0.914. The van der Waals surface area contributed by atoms with Crippen molar-refractivity contribution < 1.29 is 9.47 Å². The van der Waals surface area contributed by atoms with Gasteiger partial charge in [0, 0.05) is 65.7 Å². The first-order chi connectivity index (χ1) is 11.1. The van der Waals surface area contributed by atoms with Crippen molar-refractivity contribution in [1.82, 2.24) is 14.8 Å². The molecule has 2 rings (SSSR count). The first-order valence-corrected chi connectivity index (χ1v) is 8.33. The monoisotopic (exact) mass is 450 g/mol. The maximum atomic E-state index is 5.77. The highest BCUT2D eigenvalue weighted by Crippen LogP contribution is 2.24. The van der Waals surface area contributed by atoms with Crippen LogP contribution in [0.15, 0.2) is 23.3 Å². The van der Waals surface area contributed by atoms with Crippen LogP contribution in [-0.4, -0.2) is 61.5 Å². The molecule has 0 amide bonds. The van der Waals surface area contributed by atoms with Crippen molar-refractivity contribution in [2.75, 3.05) is 40.5 Å². The first kappa shape index (κ1) is 21.2. The van der Waals surface area contributed by atoms with Crippen molar-refractivity contribution in [3.8, 4) is 0 Å². The van der Waals surface area contributed by atoms with E-state index in [9.17, 15) is 0 Å². The van der Waals surface area contributed by atoms with Gasteiger partial charge < -0.3 is 24.3 Å². The molecule has 0 aromatic carbocycles. The van der Waals surface area contributed by atoms with Gasteiger partial charge in [-0.25, -0.2) is 0 Å². The quantitative estimate of drug-likeness (QED) is 0.411. The van der Waals surface area contributed by atoms with E-state index in [2.05, 4.69) is 54.1 Å². The maximum absolute atomic E-state index is 5.77. The fourth-order valence-electron chi connectivity index (χ4n) is 2.84. The second-order valence-electron chi connectivity index (χ2n) is 6.14. The van der Waals surface area contributed by atoms with Crippen LogP contribution in [0.2, 0.25) is 0 Å². The van der Waals surface area contributed by atoms with Crippen LogP contribution in [0.25, 0.3) is 0 Å². The summed E-state index contributed by atoms with van der Waals surface area (Å²) >= 11 is 0. The molecule has 138 valence electrons. The molecular formula is C17H31IN4O2. The highest BCUT2D eigenvalue weighted by Gasteiger charge is 2.32. The van der Waals surface area contributed by atoms with E-state index in [1.807, 2.05) is 0 Å². The third-order valence-electron chi connectivity index (χ3n) is 4.50. The highest BCUT2D eigenvalue weighted by molar-refractivity contribution is 14.0. The van der Waals surface area contributed by atoms with Gasteiger partial charge >= 0.3 is 0 Å². The van der Waals surface area contributed by atoms with Crippen LogP contribution in [0, 0.1) is 0 Å². The fraction of sp³-hybridized carbons (Fsp3) is 0.706. The molecule has 0 radical (unpaired) electrons. The Balaban J connectivity index is 0.00000288. The summed E-state index contributed by atoms with van der Waals surface area (Å²) in [5, 5.41) is 3.38. The number of guanidine groups is 1. The zero-order valence-corrected chi connectivity index (χ0v) is 17.6. The van der Waals surface area contributed by atoms with Crippen molar-refractivity contribution in [3.63, 3.8) is 0 Å². The van der Waals surface area contributed by atoms with Gasteiger partial charge in [0.1, 0.15) is 0 Å². The average Bonchev–Trinajstić information content (AvgIpc) is 2.97. The number of nitrogens with one attached hydrogen (secondary N) is 1. The largest absolute Gasteiger partial charge is 0.381 e. The molecule has 0 spiro atoms. The van der Waals surface area contributed by atoms with Gasteiger partial charge in [-0.15, -0.1) is 24.0 Å². The van der Waals surface area contributed by atoms with E-state index in [0.717, 1.165) is 45.1 Å². The maximum Gasteiger partial charge on any atom is 0.194 e. The topological polar surface area (TPSA) is 51.0 Å². The third kappa shape index (κ3) is 5.63. The Labute approximate surface area is 162 Å². The number of hydrogen-bond acceptors (Lipinski definition) is 3. The molecule has 0 atom stereocenters. The standard InChI is InChI=1S/C17H30N4O2.HI/c1-5-18-16(21(3)13-15-7-6-10-20(15)2)19-14-17(22-4)8-11-23-12-9-17;/h6-7,10H,5,8-9,11-14H2,1-4H3,(H,18,19);1H. The number of aliphatic imine (C=N–C) groups is 1. The molecule has 6 nitrogen and oxygen atoms in total. The number of hydrogen-bond donors (Lipinski definition) is 1. The molecule has 0 saturated carbocycles. The van der Waals surface area contributed by atoms with Crippen molar-refractivity contribution >= 4 is 29.9 Å². The molecule has 2 heterocycles. The van der Waals surface area contributed by atoms with Gasteiger partial charge in [0.05, 0.1) is 18.7 Å². The summed E-state index contributed by atoms with van der Waals surface area (Å²) in [4.78, 5) is 6.99. The van der Waals surface area contributed by atoms with Gasteiger partial charge in [-0.3, -0.25) is 4.99 Å². The lowest BCUT2D eigenvalue weighted by Crippen LogP contribution is -2.44. The number of aryl methyl sites for hydroxylation is 1. The normalized spacial score (nSPS) is 17.2. The number of halogens is 1. The predicted molar refractivity (Wildman–Crippen MR) is 108 cm³/mol. The Morgan fingerprint density at radius 1 is 1.46 bits per heavy atom. The van der Waals surface area contributed by atoms with Crippen LogP contribution in [0.4, 0.5) is 0 Å². The molecule has 1 aliphatic rings. The summed E-state index contributed by atoms with van der Waals surface area (Å²) in [7, 11) is 5.91. The zero-order valence-electron chi connectivity index (χ0n) is 15.2. The Morgan fingerprint density at radius 2 is 2.17 bits per heavy atom. The van der Waals surface area contributed by atoms with Crippen LogP contribution < -0.4 is 5.32 Å². The molecule has 1 aliphatic heterocycles. The van der Waals surface area contributed by atoms with E-state index in [-0.39, 0.29) is 29.6 Å². The molecule has 7 heteroatoms. The van der Waals surface area contributed by atoms with Crippen LogP contribution in [0.3, 0.4) is 0 Å². The second kappa shape index (κ2) is 10.2. The van der Waals surface area contributed by atoms with Gasteiger partial charge in [0.2, 0.25) is 0 Å². The summed E-state index contributed by atoms with van der Waals surface area (Å²) in [6, 6.07) is 4.20. The van der Waals surface area contributed by atoms with E-state index >= 15 is 0 Å². The first-order valence-electron chi connectivity index (χ1n) is 8.33. The molecule has 0 unspecified atom stereocenters. The van der Waals surface area contributed by atoms with Gasteiger partial charge in [0.25, 0.3) is 0 Å². The van der Waals surface area contributed by atoms with E-state index in [1.165, 1.54) is 5.69 Å². The number of nitrogens with zero attached hydrogens (tertiary/aromatic N) is 3. The summed E-state index contributed by atoms with van der Waals surface area (Å²) in [6.07, 6.45) is 3.86. The summed E-state index contributed by atoms with van der Waals surface area (Å²) < 4.78 is 13.4. The van der Waals surface area contributed by atoms with Crippen molar-refractivity contribution in [1.29, 1.82) is 0 Å². The molecule has 1 fully saturated rings. The SMILES string of the molecule is CCNC(=NCC1(OC)CCOCC1)N(C)Cc1cccn1C.I. The van der Waals surface area contributed by atoms with E-state index in [1.54, 1.807) is 7.11 Å². The smallest absolute Gasteiger partial charge is 0.194 e. The predicted octanol–water partition coefficient (Wildman–Crippen LogP) is 2.24. The Bertz CT molecular complexity index is 512.